The van der Waals surface area contributed by atoms with Crippen LogP contribution in [0.1, 0.15) is 48.2 Å². The van der Waals surface area contributed by atoms with E-state index in [0.717, 1.165) is 11.1 Å². The SMILES string of the molecule is CC(C)(N)C(=O)NC(COCc1ccccc1)C(=O)N1CCC2(CC1)OC(=O)c1ccccc12. The molecule has 8 heteroatoms. The molecule has 0 bridgehead atoms. The van der Waals surface area contributed by atoms with E-state index in [9.17, 15) is 14.4 Å². The molecule has 0 aromatic heterocycles. The van der Waals surface area contributed by atoms with Crippen molar-refractivity contribution in [2.75, 3.05) is 19.7 Å². The van der Waals surface area contributed by atoms with Crippen molar-refractivity contribution in [1.82, 2.24) is 10.2 Å². The number of hydrogen-bond donors (Lipinski definition) is 2. The molecule has 2 aliphatic heterocycles. The van der Waals surface area contributed by atoms with Gasteiger partial charge in [0.25, 0.3) is 0 Å². The van der Waals surface area contributed by atoms with Crippen LogP contribution in [0, 0.1) is 0 Å². The van der Waals surface area contributed by atoms with Gasteiger partial charge in [-0.2, -0.15) is 0 Å². The summed E-state index contributed by atoms with van der Waals surface area (Å²) in [5.41, 5.74) is 6.55. The van der Waals surface area contributed by atoms with Gasteiger partial charge in [-0.3, -0.25) is 9.59 Å². The van der Waals surface area contributed by atoms with Crippen LogP contribution in [0.25, 0.3) is 0 Å². The number of nitrogens with zero attached hydrogens (tertiary/aromatic N) is 1. The van der Waals surface area contributed by atoms with Gasteiger partial charge < -0.3 is 25.4 Å². The van der Waals surface area contributed by atoms with Crippen LogP contribution < -0.4 is 11.1 Å². The lowest BCUT2D eigenvalue weighted by Crippen LogP contribution is -2.59. The molecule has 2 aromatic rings. The van der Waals surface area contributed by atoms with E-state index in [2.05, 4.69) is 5.32 Å². The van der Waals surface area contributed by atoms with Crippen molar-refractivity contribution >= 4 is 17.8 Å². The van der Waals surface area contributed by atoms with Gasteiger partial charge in [0.15, 0.2) is 0 Å². The van der Waals surface area contributed by atoms with Crippen molar-refractivity contribution in [2.24, 2.45) is 5.73 Å². The fourth-order valence-corrected chi connectivity index (χ4v) is 4.41. The first-order valence-corrected chi connectivity index (χ1v) is 11.5. The lowest BCUT2D eigenvalue weighted by Gasteiger charge is -2.40. The first-order chi connectivity index (χ1) is 16.2. The number of carbonyl (C=O) groups is 3. The van der Waals surface area contributed by atoms with Crippen molar-refractivity contribution in [3.05, 3.63) is 71.3 Å². The van der Waals surface area contributed by atoms with Crippen LogP contribution in [0.5, 0.6) is 0 Å². The second kappa shape index (κ2) is 9.56. The van der Waals surface area contributed by atoms with Gasteiger partial charge in [0.05, 0.1) is 24.3 Å². The van der Waals surface area contributed by atoms with Crippen molar-refractivity contribution in [1.29, 1.82) is 0 Å². The highest BCUT2D eigenvalue weighted by atomic mass is 16.6. The summed E-state index contributed by atoms with van der Waals surface area (Å²) < 4.78 is 11.6. The third-order valence-corrected chi connectivity index (χ3v) is 6.39. The number of amides is 2. The summed E-state index contributed by atoms with van der Waals surface area (Å²) in [7, 11) is 0. The Morgan fingerprint density at radius 2 is 1.76 bits per heavy atom. The molecule has 4 rings (SSSR count). The molecule has 3 N–H and O–H groups in total. The molecule has 0 radical (unpaired) electrons. The lowest BCUT2D eigenvalue weighted by atomic mass is 9.83. The second-order valence-corrected chi connectivity index (χ2v) is 9.50. The molecule has 34 heavy (non-hydrogen) atoms. The van der Waals surface area contributed by atoms with Crippen LogP contribution in [0.15, 0.2) is 54.6 Å². The minimum atomic E-state index is -1.13. The predicted octanol–water partition coefficient (Wildman–Crippen LogP) is 2.11. The number of esters is 1. The molecule has 180 valence electrons. The molecular weight excluding hydrogens is 434 g/mol. The van der Waals surface area contributed by atoms with E-state index >= 15 is 0 Å². The number of benzene rings is 2. The van der Waals surface area contributed by atoms with Crippen molar-refractivity contribution in [3.8, 4) is 0 Å². The molecular formula is C26H31N3O5. The summed E-state index contributed by atoms with van der Waals surface area (Å²) in [6, 6.07) is 16.1. The van der Waals surface area contributed by atoms with E-state index in [1.165, 1.54) is 0 Å². The molecule has 1 fully saturated rings. The summed E-state index contributed by atoms with van der Waals surface area (Å²) in [5, 5.41) is 2.76. The third kappa shape index (κ3) is 4.98. The summed E-state index contributed by atoms with van der Waals surface area (Å²) in [6.07, 6.45) is 0.991. The zero-order valence-electron chi connectivity index (χ0n) is 19.6. The molecule has 0 saturated carbocycles. The average molecular weight is 466 g/mol. The molecule has 1 spiro atoms. The van der Waals surface area contributed by atoms with Crippen LogP contribution in [-0.4, -0.2) is 54.0 Å². The minimum Gasteiger partial charge on any atom is -0.450 e. The van der Waals surface area contributed by atoms with Crippen molar-refractivity contribution in [2.45, 2.75) is 50.5 Å². The molecule has 1 atom stereocenters. The normalized spacial score (nSPS) is 17.7. The van der Waals surface area contributed by atoms with Crippen LogP contribution in [0.4, 0.5) is 0 Å². The van der Waals surface area contributed by atoms with Crippen molar-refractivity contribution in [3.63, 3.8) is 0 Å². The summed E-state index contributed by atoms with van der Waals surface area (Å²) >= 11 is 0. The zero-order valence-corrected chi connectivity index (χ0v) is 19.6. The Morgan fingerprint density at radius 1 is 1.12 bits per heavy atom. The minimum absolute atomic E-state index is 0.0228. The molecule has 1 unspecified atom stereocenters. The number of fused-ring (bicyclic) bond motifs is 2. The first-order valence-electron chi connectivity index (χ1n) is 11.5. The van der Waals surface area contributed by atoms with E-state index in [1.54, 1.807) is 24.8 Å². The maximum Gasteiger partial charge on any atom is 0.339 e. The Bertz CT molecular complexity index is 1060. The fraction of sp³-hybridized carbons (Fsp3) is 0.423. The third-order valence-electron chi connectivity index (χ3n) is 6.39. The Labute approximate surface area is 199 Å². The molecule has 0 aliphatic carbocycles. The summed E-state index contributed by atoms with van der Waals surface area (Å²) in [5.74, 6) is -0.987. The smallest absolute Gasteiger partial charge is 0.339 e. The molecule has 1 saturated heterocycles. The van der Waals surface area contributed by atoms with Gasteiger partial charge in [0, 0.05) is 31.5 Å². The Balaban J connectivity index is 1.42. The maximum atomic E-state index is 13.4. The van der Waals surface area contributed by atoms with Gasteiger partial charge >= 0.3 is 5.97 Å². The molecule has 2 aliphatic rings. The number of hydrogen-bond acceptors (Lipinski definition) is 6. The number of nitrogens with one attached hydrogen (secondary N) is 1. The second-order valence-electron chi connectivity index (χ2n) is 9.50. The largest absolute Gasteiger partial charge is 0.450 e. The number of likely N-dealkylation sites (tertiary alicyclic amines) is 1. The highest BCUT2D eigenvalue weighted by molar-refractivity contribution is 5.95. The quantitative estimate of drug-likeness (QED) is 0.606. The summed E-state index contributed by atoms with van der Waals surface area (Å²) in [4.78, 5) is 40.0. The highest BCUT2D eigenvalue weighted by Gasteiger charge is 2.48. The topological polar surface area (TPSA) is 111 Å². The molecule has 2 aromatic carbocycles. The van der Waals surface area contributed by atoms with Crippen molar-refractivity contribution < 1.29 is 23.9 Å². The van der Waals surface area contributed by atoms with Gasteiger partial charge in [0.2, 0.25) is 11.8 Å². The number of nitrogens with two attached hydrogens (primary N) is 1. The number of carbonyl (C=O) groups excluding carboxylic acids is 3. The molecule has 2 amide bonds. The Kier molecular flexibility index (Phi) is 6.72. The highest BCUT2D eigenvalue weighted by Crippen LogP contribution is 2.44. The van der Waals surface area contributed by atoms with E-state index in [1.807, 2.05) is 48.5 Å². The van der Waals surface area contributed by atoms with Gasteiger partial charge in [-0.1, -0.05) is 48.5 Å². The van der Waals surface area contributed by atoms with Gasteiger partial charge in [-0.15, -0.1) is 0 Å². The van der Waals surface area contributed by atoms with Gasteiger partial charge in [-0.05, 0) is 25.5 Å². The standard InChI is InChI=1S/C26H31N3O5/c1-25(2,27)24(32)28-21(17-33-16-18-8-4-3-5-9-18)22(30)29-14-12-26(13-15-29)20-11-7-6-10-19(20)23(31)34-26/h3-11,21H,12-17,27H2,1-2H3,(H,28,32). The predicted molar refractivity (Wildman–Crippen MR) is 126 cm³/mol. The van der Waals surface area contributed by atoms with E-state index < -0.39 is 23.1 Å². The fourth-order valence-electron chi connectivity index (χ4n) is 4.41. The average Bonchev–Trinajstić information content (AvgIpc) is 3.10. The Hall–Kier alpha value is -3.23. The number of rotatable bonds is 7. The van der Waals surface area contributed by atoms with E-state index in [0.29, 0.717) is 38.1 Å². The van der Waals surface area contributed by atoms with Crippen LogP contribution in [0.3, 0.4) is 0 Å². The molecule has 8 nitrogen and oxygen atoms in total. The first kappa shape index (κ1) is 23.9. The molecule has 2 heterocycles. The number of piperidine rings is 1. The van der Waals surface area contributed by atoms with Gasteiger partial charge in [0.1, 0.15) is 11.6 Å². The van der Waals surface area contributed by atoms with Crippen LogP contribution in [0.2, 0.25) is 0 Å². The van der Waals surface area contributed by atoms with Crippen LogP contribution >= 0.6 is 0 Å². The summed E-state index contributed by atoms with van der Waals surface area (Å²) in [6.45, 7) is 4.32. The van der Waals surface area contributed by atoms with E-state index in [4.69, 9.17) is 15.2 Å². The zero-order chi connectivity index (χ0) is 24.3. The Morgan fingerprint density at radius 3 is 2.44 bits per heavy atom. The monoisotopic (exact) mass is 465 g/mol. The maximum absolute atomic E-state index is 13.4. The lowest BCUT2D eigenvalue weighted by molar-refractivity contribution is -0.143. The van der Waals surface area contributed by atoms with Gasteiger partial charge in [-0.25, -0.2) is 4.79 Å². The van der Waals surface area contributed by atoms with Crippen LogP contribution in [-0.2, 0) is 31.3 Å². The van der Waals surface area contributed by atoms with E-state index in [-0.39, 0.29) is 18.5 Å². The number of ether oxygens (including phenoxy) is 2.